The van der Waals surface area contributed by atoms with E-state index in [2.05, 4.69) is 6.92 Å². The summed E-state index contributed by atoms with van der Waals surface area (Å²) in [5.41, 5.74) is 0.200. The molecule has 0 spiro atoms. The third-order valence-electron chi connectivity index (χ3n) is 3.09. The fourth-order valence-electron chi connectivity index (χ4n) is 1.94. The maximum absolute atomic E-state index is 10.5. The zero-order valence-electron chi connectivity index (χ0n) is 6.13. The van der Waals surface area contributed by atoms with E-state index in [4.69, 9.17) is 5.11 Å². The highest BCUT2D eigenvalue weighted by atomic mass is 16.4. The summed E-state index contributed by atoms with van der Waals surface area (Å²) < 4.78 is 0. The van der Waals surface area contributed by atoms with Crippen molar-refractivity contribution in [2.45, 2.75) is 26.2 Å². The largest absolute Gasteiger partial charge is 0.481 e. The summed E-state index contributed by atoms with van der Waals surface area (Å²) in [5, 5.41) is 8.67. The van der Waals surface area contributed by atoms with E-state index in [9.17, 15) is 4.79 Å². The van der Waals surface area contributed by atoms with Gasteiger partial charge < -0.3 is 5.11 Å². The summed E-state index contributed by atoms with van der Waals surface area (Å²) in [5.74, 6) is 0.142. The first-order valence-electron chi connectivity index (χ1n) is 3.87. The molecule has 2 nitrogen and oxygen atoms in total. The highest BCUT2D eigenvalue weighted by molar-refractivity contribution is 5.74. The fourth-order valence-corrected chi connectivity index (χ4v) is 1.94. The summed E-state index contributed by atoms with van der Waals surface area (Å²) in [6.45, 7) is 2.11. The number of aliphatic carboxylic acids is 1. The van der Waals surface area contributed by atoms with Gasteiger partial charge in [-0.25, -0.2) is 0 Å². The van der Waals surface area contributed by atoms with Crippen molar-refractivity contribution >= 4 is 5.97 Å². The number of rotatable bonds is 2. The van der Waals surface area contributed by atoms with Gasteiger partial charge in [-0.05, 0) is 30.6 Å². The van der Waals surface area contributed by atoms with Crippen LogP contribution in [0.2, 0.25) is 0 Å². The Kier molecular flexibility index (Phi) is 0.960. The summed E-state index contributed by atoms with van der Waals surface area (Å²) in [6, 6.07) is 0. The summed E-state index contributed by atoms with van der Waals surface area (Å²) in [7, 11) is 0. The molecule has 2 saturated carbocycles. The van der Waals surface area contributed by atoms with Crippen LogP contribution in [-0.2, 0) is 4.79 Å². The summed E-state index contributed by atoms with van der Waals surface area (Å²) in [4.78, 5) is 10.5. The van der Waals surface area contributed by atoms with Gasteiger partial charge in [0.2, 0.25) is 0 Å². The molecule has 0 bridgehead atoms. The summed E-state index contributed by atoms with van der Waals surface area (Å²) >= 11 is 0. The van der Waals surface area contributed by atoms with Gasteiger partial charge in [0.15, 0.2) is 0 Å². The summed E-state index contributed by atoms with van der Waals surface area (Å²) in [6.07, 6.45) is 3.45. The lowest BCUT2D eigenvalue weighted by atomic mass is 10.0. The second kappa shape index (κ2) is 1.55. The molecule has 0 aromatic rings. The normalized spacial score (nSPS) is 45.1. The van der Waals surface area contributed by atoms with Crippen molar-refractivity contribution in [2.24, 2.45) is 17.3 Å². The molecule has 1 N–H and O–H groups in total. The standard InChI is InChI=1S/C8H12O2/c1-8(5-2-3-5)4-6(8)7(9)10/h5-6H,2-4H2,1H3,(H,9,10). The van der Waals surface area contributed by atoms with Gasteiger partial charge in [0.25, 0.3) is 0 Å². The maximum atomic E-state index is 10.5. The van der Waals surface area contributed by atoms with Crippen LogP contribution in [0.1, 0.15) is 26.2 Å². The third kappa shape index (κ3) is 0.678. The first-order chi connectivity index (χ1) is 4.64. The smallest absolute Gasteiger partial charge is 0.307 e. The average molecular weight is 140 g/mol. The number of hydrogen-bond donors (Lipinski definition) is 1. The van der Waals surface area contributed by atoms with E-state index in [1.807, 2.05) is 0 Å². The minimum absolute atomic E-state index is 0.0139. The van der Waals surface area contributed by atoms with Crippen LogP contribution in [0.5, 0.6) is 0 Å². The van der Waals surface area contributed by atoms with E-state index >= 15 is 0 Å². The predicted octanol–water partition coefficient (Wildman–Crippen LogP) is 1.51. The van der Waals surface area contributed by atoms with Gasteiger partial charge in [-0.3, -0.25) is 4.79 Å². The quantitative estimate of drug-likeness (QED) is 0.631. The Labute approximate surface area is 60.2 Å². The lowest BCUT2D eigenvalue weighted by Crippen LogP contribution is -2.08. The molecular formula is C8H12O2. The number of carboxylic acids is 1. The van der Waals surface area contributed by atoms with Gasteiger partial charge in [-0.15, -0.1) is 0 Å². The number of carbonyl (C=O) groups is 1. The first kappa shape index (κ1) is 6.20. The monoisotopic (exact) mass is 140 g/mol. The van der Waals surface area contributed by atoms with Crippen molar-refractivity contribution < 1.29 is 9.90 Å². The minimum Gasteiger partial charge on any atom is -0.481 e. The van der Waals surface area contributed by atoms with Crippen LogP contribution in [0.3, 0.4) is 0 Å². The van der Waals surface area contributed by atoms with E-state index in [0.29, 0.717) is 0 Å². The molecule has 2 aliphatic carbocycles. The molecule has 0 radical (unpaired) electrons. The van der Waals surface area contributed by atoms with E-state index in [-0.39, 0.29) is 11.3 Å². The van der Waals surface area contributed by atoms with Crippen LogP contribution in [-0.4, -0.2) is 11.1 Å². The first-order valence-corrected chi connectivity index (χ1v) is 3.87. The van der Waals surface area contributed by atoms with E-state index in [1.165, 1.54) is 12.8 Å². The van der Waals surface area contributed by atoms with Crippen LogP contribution >= 0.6 is 0 Å². The number of hydrogen-bond acceptors (Lipinski definition) is 1. The minimum atomic E-state index is -0.589. The molecule has 2 rings (SSSR count). The molecule has 0 aromatic carbocycles. The van der Waals surface area contributed by atoms with Gasteiger partial charge in [0.1, 0.15) is 0 Å². The molecule has 0 aliphatic heterocycles. The van der Waals surface area contributed by atoms with Crippen LogP contribution in [0.15, 0.2) is 0 Å². The Bertz CT molecular complexity index is 184. The molecule has 2 unspecified atom stereocenters. The topological polar surface area (TPSA) is 37.3 Å². The van der Waals surface area contributed by atoms with E-state index in [1.54, 1.807) is 0 Å². The highest BCUT2D eigenvalue weighted by Crippen LogP contribution is 2.65. The van der Waals surface area contributed by atoms with Gasteiger partial charge in [0.05, 0.1) is 5.92 Å². The van der Waals surface area contributed by atoms with Crippen molar-refractivity contribution in [3.05, 3.63) is 0 Å². The van der Waals surface area contributed by atoms with Crippen molar-refractivity contribution in [3.63, 3.8) is 0 Å². The molecule has 10 heavy (non-hydrogen) atoms. The lowest BCUT2D eigenvalue weighted by Gasteiger charge is -2.04. The van der Waals surface area contributed by atoms with Gasteiger partial charge in [-0.1, -0.05) is 6.92 Å². The molecule has 0 aromatic heterocycles. The van der Waals surface area contributed by atoms with Crippen molar-refractivity contribution in [2.75, 3.05) is 0 Å². The maximum Gasteiger partial charge on any atom is 0.307 e. The van der Waals surface area contributed by atoms with Gasteiger partial charge in [0, 0.05) is 0 Å². The second-order valence-corrected chi connectivity index (χ2v) is 3.88. The van der Waals surface area contributed by atoms with E-state index < -0.39 is 5.97 Å². The molecular weight excluding hydrogens is 128 g/mol. The molecule has 2 atom stereocenters. The molecule has 0 amide bonds. The zero-order valence-corrected chi connectivity index (χ0v) is 6.13. The molecule has 2 heteroatoms. The molecule has 56 valence electrons. The lowest BCUT2D eigenvalue weighted by molar-refractivity contribution is -0.139. The van der Waals surface area contributed by atoms with Crippen LogP contribution in [0.4, 0.5) is 0 Å². The predicted molar refractivity (Wildman–Crippen MR) is 36.6 cm³/mol. The highest BCUT2D eigenvalue weighted by Gasteiger charge is 2.61. The number of carboxylic acid groups (broad SMARTS) is 1. The Balaban J connectivity index is 2.02. The van der Waals surface area contributed by atoms with Crippen LogP contribution in [0.25, 0.3) is 0 Å². The van der Waals surface area contributed by atoms with Crippen molar-refractivity contribution in [1.82, 2.24) is 0 Å². The molecule has 0 heterocycles. The second-order valence-electron chi connectivity index (χ2n) is 3.88. The average Bonchev–Trinajstić information content (AvgIpc) is 2.49. The van der Waals surface area contributed by atoms with Gasteiger partial charge >= 0.3 is 5.97 Å². The fraction of sp³-hybridized carbons (Fsp3) is 0.875. The Morgan fingerprint density at radius 2 is 2.20 bits per heavy atom. The van der Waals surface area contributed by atoms with Crippen LogP contribution in [0, 0.1) is 17.3 Å². The Morgan fingerprint density at radius 1 is 1.60 bits per heavy atom. The van der Waals surface area contributed by atoms with Crippen molar-refractivity contribution in [3.8, 4) is 0 Å². The molecule has 2 aliphatic rings. The Hall–Kier alpha value is -0.530. The van der Waals surface area contributed by atoms with E-state index in [0.717, 1.165) is 12.3 Å². The SMILES string of the molecule is CC1(C2CC2)CC1C(=O)O. The Morgan fingerprint density at radius 3 is 2.50 bits per heavy atom. The molecule has 2 fully saturated rings. The molecule has 0 saturated heterocycles. The van der Waals surface area contributed by atoms with Crippen LogP contribution < -0.4 is 0 Å². The zero-order chi connectivity index (χ0) is 7.35. The van der Waals surface area contributed by atoms with Crippen molar-refractivity contribution in [1.29, 1.82) is 0 Å². The van der Waals surface area contributed by atoms with Gasteiger partial charge in [-0.2, -0.15) is 0 Å². The third-order valence-corrected chi connectivity index (χ3v) is 3.09.